The van der Waals surface area contributed by atoms with Crippen LogP contribution in [0.3, 0.4) is 0 Å². The van der Waals surface area contributed by atoms with Crippen molar-refractivity contribution in [2.45, 2.75) is 6.54 Å². The van der Waals surface area contributed by atoms with E-state index in [9.17, 15) is 4.79 Å². The van der Waals surface area contributed by atoms with Gasteiger partial charge in [0.2, 0.25) is 0 Å². The number of hydrogen-bond donors (Lipinski definition) is 2. The van der Waals surface area contributed by atoms with Crippen LogP contribution in [-0.2, 0) is 11.3 Å². The lowest BCUT2D eigenvalue weighted by Gasteiger charge is -2.10. The van der Waals surface area contributed by atoms with Gasteiger partial charge < -0.3 is 20.5 Å². The zero-order valence-corrected chi connectivity index (χ0v) is 11.8. The quantitative estimate of drug-likeness (QED) is 0.853. The third-order valence-corrected chi connectivity index (χ3v) is 2.84. The van der Waals surface area contributed by atoms with Crippen molar-refractivity contribution in [3.8, 4) is 11.5 Å². The maximum absolute atomic E-state index is 11.8. The molecule has 0 bridgehead atoms. The molecule has 0 aromatic heterocycles. The van der Waals surface area contributed by atoms with Crippen LogP contribution in [0.5, 0.6) is 11.5 Å². The summed E-state index contributed by atoms with van der Waals surface area (Å²) in [6.45, 7) is 0.301. The van der Waals surface area contributed by atoms with Crippen LogP contribution in [0, 0.1) is 0 Å². The fourth-order valence-electron chi connectivity index (χ4n) is 1.82. The summed E-state index contributed by atoms with van der Waals surface area (Å²) in [5.41, 5.74) is 7.23. The Hall–Kier alpha value is -2.53. The molecule has 0 saturated carbocycles. The van der Waals surface area contributed by atoms with Gasteiger partial charge in [0.25, 0.3) is 5.91 Å². The van der Waals surface area contributed by atoms with Gasteiger partial charge >= 0.3 is 0 Å². The molecule has 0 radical (unpaired) electrons. The van der Waals surface area contributed by atoms with E-state index in [0.717, 1.165) is 11.3 Å². The molecule has 0 unspecified atom stereocenters. The highest BCUT2D eigenvalue weighted by Gasteiger charge is 2.06. The first-order valence-electron chi connectivity index (χ1n) is 6.57. The monoisotopic (exact) mass is 286 g/mol. The minimum atomic E-state index is -0.224. The lowest BCUT2D eigenvalue weighted by Crippen LogP contribution is -2.20. The number of nitrogens with two attached hydrogens (primary N) is 1. The van der Waals surface area contributed by atoms with Crippen LogP contribution in [0.2, 0.25) is 0 Å². The fraction of sp³-hybridized carbons (Fsp3) is 0.188. The molecule has 0 saturated heterocycles. The maximum Gasteiger partial charge on any atom is 0.262 e. The minimum Gasteiger partial charge on any atom is -0.497 e. The van der Waals surface area contributed by atoms with Gasteiger partial charge in [-0.3, -0.25) is 4.79 Å². The van der Waals surface area contributed by atoms with Gasteiger partial charge in [0.15, 0.2) is 6.61 Å². The van der Waals surface area contributed by atoms with Crippen LogP contribution in [0.15, 0.2) is 48.5 Å². The second kappa shape index (κ2) is 7.31. The molecule has 0 heterocycles. The van der Waals surface area contributed by atoms with Crippen LogP contribution in [0.1, 0.15) is 5.56 Å². The van der Waals surface area contributed by atoms with E-state index < -0.39 is 0 Å². The first-order valence-corrected chi connectivity index (χ1v) is 6.57. The molecule has 0 spiro atoms. The van der Waals surface area contributed by atoms with E-state index in [-0.39, 0.29) is 12.5 Å². The SMILES string of the molecule is COc1cc(CN)cc(OCC(=O)Nc2ccccc2)c1. The molecular weight excluding hydrogens is 268 g/mol. The largest absolute Gasteiger partial charge is 0.497 e. The van der Waals surface area contributed by atoms with Gasteiger partial charge in [-0.05, 0) is 29.8 Å². The van der Waals surface area contributed by atoms with Crippen molar-refractivity contribution in [1.82, 2.24) is 0 Å². The molecule has 110 valence electrons. The van der Waals surface area contributed by atoms with Crippen molar-refractivity contribution in [2.24, 2.45) is 5.73 Å². The van der Waals surface area contributed by atoms with Crippen molar-refractivity contribution in [3.05, 3.63) is 54.1 Å². The van der Waals surface area contributed by atoms with Crippen LogP contribution in [0.4, 0.5) is 5.69 Å². The maximum atomic E-state index is 11.8. The molecule has 21 heavy (non-hydrogen) atoms. The summed E-state index contributed by atoms with van der Waals surface area (Å²) < 4.78 is 10.6. The highest BCUT2D eigenvalue weighted by molar-refractivity contribution is 5.91. The molecule has 1 amide bonds. The van der Waals surface area contributed by atoms with Gasteiger partial charge in [-0.1, -0.05) is 18.2 Å². The fourth-order valence-corrected chi connectivity index (χ4v) is 1.82. The van der Waals surface area contributed by atoms with Crippen molar-refractivity contribution in [1.29, 1.82) is 0 Å². The Morgan fingerprint density at radius 1 is 1.14 bits per heavy atom. The van der Waals surface area contributed by atoms with E-state index in [0.29, 0.717) is 18.0 Å². The van der Waals surface area contributed by atoms with E-state index in [4.69, 9.17) is 15.2 Å². The molecule has 0 fully saturated rings. The number of carbonyl (C=O) groups is 1. The Labute approximate surface area is 123 Å². The third kappa shape index (κ3) is 4.50. The Kier molecular flexibility index (Phi) is 5.17. The average Bonchev–Trinajstić information content (AvgIpc) is 2.53. The molecule has 0 aliphatic carbocycles. The number of anilines is 1. The smallest absolute Gasteiger partial charge is 0.262 e. The lowest BCUT2D eigenvalue weighted by molar-refractivity contribution is -0.118. The van der Waals surface area contributed by atoms with Gasteiger partial charge in [0.05, 0.1) is 7.11 Å². The van der Waals surface area contributed by atoms with E-state index >= 15 is 0 Å². The number of ether oxygens (including phenoxy) is 2. The number of methoxy groups -OCH3 is 1. The summed E-state index contributed by atoms with van der Waals surface area (Å²) >= 11 is 0. The van der Waals surface area contributed by atoms with Crippen LogP contribution < -0.4 is 20.5 Å². The van der Waals surface area contributed by atoms with Gasteiger partial charge in [-0.2, -0.15) is 0 Å². The molecule has 3 N–H and O–H groups in total. The van der Waals surface area contributed by atoms with Crippen LogP contribution in [-0.4, -0.2) is 19.6 Å². The minimum absolute atomic E-state index is 0.0773. The molecular formula is C16H18N2O3. The third-order valence-electron chi connectivity index (χ3n) is 2.84. The van der Waals surface area contributed by atoms with Crippen molar-refractivity contribution in [2.75, 3.05) is 19.0 Å². The second-order valence-corrected chi connectivity index (χ2v) is 4.42. The number of hydrogen-bond acceptors (Lipinski definition) is 4. The normalized spacial score (nSPS) is 10.0. The van der Waals surface area contributed by atoms with E-state index in [1.165, 1.54) is 0 Å². The van der Waals surface area contributed by atoms with E-state index in [1.807, 2.05) is 36.4 Å². The van der Waals surface area contributed by atoms with Gasteiger partial charge in [0, 0.05) is 18.3 Å². The first kappa shape index (κ1) is 14.9. The molecule has 2 aromatic rings. The Morgan fingerprint density at radius 2 is 1.86 bits per heavy atom. The summed E-state index contributed by atoms with van der Waals surface area (Å²) in [6.07, 6.45) is 0. The van der Waals surface area contributed by atoms with Crippen LogP contribution >= 0.6 is 0 Å². The molecule has 5 heteroatoms. The molecule has 2 rings (SSSR count). The average molecular weight is 286 g/mol. The van der Waals surface area contributed by atoms with Gasteiger partial charge in [0.1, 0.15) is 11.5 Å². The molecule has 0 aliphatic rings. The number of benzene rings is 2. The summed E-state index contributed by atoms with van der Waals surface area (Å²) in [4.78, 5) is 11.8. The summed E-state index contributed by atoms with van der Waals surface area (Å²) in [7, 11) is 1.57. The van der Waals surface area contributed by atoms with E-state index in [2.05, 4.69) is 5.32 Å². The molecule has 0 aliphatic heterocycles. The van der Waals surface area contributed by atoms with Crippen molar-refractivity contribution < 1.29 is 14.3 Å². The zero-order chi connectivity index (χ0) is 15.1. The second-order valence-electron chi connectivity index (χ2n) is 4.42. The molecule has 2 aromatic carbocycles. The Morgan fingerprint density at radius 3 is 2.52 bits per heavy atom. The molecule has 0 atom stereocenters. The van der Waals surface area contributed by atoms with Gasteiger partial charge in [-0.25, -0.2) is 0 Å². The predicted octanol–water partition coefficient (Wildman–Crippen LogP) is 2.17. The van der Waals surface area contributed by atoms with Gasteiger partial charge in [-0.15, -0.1) is 0 Å². The summed E-state index contributed by atoms with van der Waals surface area (Å²) in [5.74, 6) is 0.979. The summed E-state index contributed by atoms with van der Waals surface area (Å²) in [5, 5.41) is 2.75. The number of rotatable bonds is 6. The topological polar surface area (TPSA) is 73.6 Å². The standard InChI is InChI=1S/C16H18N2O3/c1-20-14-7-12(10-17)8-15(9-14)21-11-16(19)18-13-5-3-2-4-6-13/h2-9H,10-11,17H2,1H3,(H,18,19). The Bertz CT molecular complexity index is 577. The number of amides is 1. The predicted molar refractivity (Wildman–Crippen MR) is 81.5 cm³/mol. The van der Waals surface area contributed by atoms with E-state index in [1.54, 1.807) is 19.2 Å². The highest BCUT2D eigenvalue weighted by atomic mass is 16.5. The molecule has 5 nitrogen and oxygen atoms in total. The number of nitrogens with one attached hydrogen (secondary N) is 1. The first-order chi connectivity index (χ1) is 10.2. The van der Waals surface area contributed by atoms with Crippen molar-refractivity contribution in [3.63, 3.8) is 0 Å². The number of carbonyl (C=O) groups excluding carboxylic acids is 1. The zero-order valence-electron chi connectivity index (χ0n) is 11.8. The highest BCUT2D eigenvalue weighted by Crippen LogP contribution is 2.22. The summed E-state index contributed by atoms with van der Waals surface area (Å²) in [6, 6.07) is 14.6. The Balaban J connectivity index is 1.94. The number of para-hydroxylation sites is 1. The lowest BCUT2D eigenvalue weighted by atomic mass is 10.2. The van der Waals surface area contributed by atoms with Crippen molar-refractivity contribution >= 4 is 11.6 Å². The van der Waals surface area contributed by atoms with Crippen LogP contribution in [0.25, 0.3) is 0 Å².